The van der Waals surface area contributed by atoms with E-state index in [1.165, 1.54) is 26.2 Å². The van der Waals surface area contributed by atoms with Crippen molar-refractivity contribution < 1.29 is 9.53 Å². The van der Waals surface area contributed by atoms with Gasteiger partial charge in [0.05, 0.1) is 0 Å². The molecule has 3 unspecified atom stereocenters. The fourth-order valence-corrected chi connectivity index (χ4v) is 3.44. The largest absolute Gasteiger partial charge is 0.463 e. The van der Waals surface area contributed by atoms with Crippen LogP contribution in [-0.2, 0) is 9.53 Å². The first-order valence-electron chi connectivity index (χ1n) is 5.94. The summed E-state index contributed by atoms with van der Waals surface area (Å²) in [5.41, 5.74) is 1.63. The van der Waals surface area contributed by atoms with Gasteiger partial charge in [0.15, 0.2) is 0 Å². The van der Waals surface area contributed by atoms with Crippen molar-refractivity contribution in [2.75, 3.05) is 0 Å². The van der Waals surface area contributed by atoms with Crippen LogP contribution in [-0.4, -0.2) is 12.1 Å². The summed E-state index contributed by atoms with van der Waals surface area (Å²) in [6.45, 7) is 5.68. The molecule has 0 amide bonds. The molecule has 2 aliphatic carbocycles. The molecule has 2 aliphatic rings. The minimum absolute atomic E-state index is 0.107. The summed E-state index contributed by atoms with van der Waals surface area (Å²) in [7, 11) is 0. The van der Waals surface area contributed by atoms with Crippen LogP contribution in [0.3, 0.4) is 0 Å². The summed E-state index contributed by atoms with van der Waals surface area (Å²) in [6, 6.07) is 0. The van der Waals surface area contributed by atoms with Crippen molar-refractivity contribution >= 4 is 5.97 Å². The lowest BCUT2D eigenvalue weighted by molar-refractivity contribution is -0.148. The van der Waals surface area contributed by atoms with Gasteiger partial charge >= 0.3 is 5.97 Å². The van der Waals surface area contributed by atoms with Gasteiger partial charge in [0.2, 0.25) is 0 Å². The number of esters is 1. The molecule has 2 bridgehead atoms. The maximum atomic E-state index is 10.9. The number of carbonyl (C=O) groups is 1. The molecule has 0 radical (unpaired) electrons. The second-order valence-corrected chi connectivity index (χ2v) is 4.97. The molecule has 2 fully saturated rings. The monoisotopic (exact) mass is 208 g/mol. The van der Waals surface area contributed by atoms with E-state index in [2.05, 4.69) is 13.0 Å². The topological polar surface area (TPSA) is 26.3 Å². The van der Waals surface area contributed by atoms with Gasteiger partial charge < -0.3 is 4.74 Å². The van der Waals surface area contributed by atoms with E-state index >= 15 is 0 Å². The Kier molecular flexibility index (Phi) is 2.85. The summed E-state index contributed by atoms with van der Waals surface area (Å²) >= 11 is 0. The second-order valence-electron chi connectivity index (χ2n) is 4.97. The lowest BCUT2D eigenvalue weighted by Gasteiger charge is -2.28. The van der Waals surface area contributed by atoms with E-state index in [0.717, 1.165) is 11.8 Å². The highest BCUT2D eigenvalue weighted by molar-refractivity contribution is 5.66. The molecule has 0 aromatic rings. The number of carbonyl (C=O) groups excluding carboxylic acids is 1. The molecule has 15 heavy (non-hydrogen) atoms. The minimum Gasteiger partial charge on any atom is -0.463 e. The van der Waals surface area contributed by atoms with E-state index in [-0.39, 0.29) is 12.1 Å². The van der Waals surface area contributed by atoms with Crippen LogP contribution in [0, 0.1) is 17.8 Å². The Hall–Kier alpha value is -0.790. The molecule has 2 heteroatoms. The van der Waals surface area contributed by atoms with E-state index in [1.807, 2.05) is 6.92 Å². The summed E-state index contributed by atoms with van der Waals surface area (Å²) < 4.78 is 5.30. The third kappa shape index (κ3) is 1.95. The van der Waals surface area contributed by atoms with Crippen LogP contribution < -0.4 is 0 Å². The number of hydrogen-bond donors (Lipinski definition) is 0. The van der Waals surface area contributed by atoms with Crippen LogP contribution in [0.5, 0.6) is 0 Å². The van der Waals surface area contributed by atoms with Crippen molar-refractivity contribution in [1.29, 1.82) is 0 Å². The number of allylic oxidation sites excluding steroid dienone is 2. The van der Waals surface area contributed by atoms with E-state index < -0.39 is 0 Å². The normalized spacial score (nSPS) is 38.3. The highest BCUT2D eigenvalue weighted by atomic mass is 16.5. The smallest absolute Gasteiger partial charge is 0.302 e. The summed E-state index contributed by atoms with van der Waals surface area (Å²) in [5.74, 6) is 2.00. The molecule has 2 saturated carbocycles. The lowest BCUT2D eigenvalue weighted by atomic mass is 9.83. The maximum Gasteiger partial charge on any atom is 0.302 e. The molecule has 0 N–H and O–H groups in total. The SMILES string of the molecule is CC=C1C[C@@H]2CC1CC2C(C)OC(C)=O. The zero-order valence-electron chi connectivity index (χ0n) is 9.82. The average Bonchev–Trinajstić information content (AvgIpc) is 2.74. The summed E-state index contributed by atoms with van der Waals surface area (Å²) in [4.78, 5) is 10.9. The Bertz CT molecular complexity index is 293. The van der Waals surface area contributed by atoms with Gasteiger partial charge in [-0.2, -0.15) is 0 Å². The molecular formula is C13H20O2. The lowest BCUT2D eigenvalue weighted by Crippen LogP contribution is -2.27. The predicted molar refractivity (Wildman–Crippen MR) is 59.3 cm³/mol. The molecule has 0 aliphatic heterocycles. The number of fused-ring (bicyclic) bond motifs is 2. The third-order valence-corrected chi connectivity index (χ3v) is 4.10. The first kappa shape index (κ1) is 10.7. The molecule has 0 saturated heterocycles. The van der Waals surface area contributed by atoms with Gasteiger partial charge in [0, 0.05) is 6.92 Å². The molecule has 0 spiro atoms. The first-order chi connectivity index (χ1) is 7.11. The van der Waals surface area contributed by atoms with Gasteiger partial charge in [0.25, 0.3) is 0 Å². The van der Waals surface area contributed by atoms with E-state index in [0.29, 0.717) is 5.92 Å². The molecule has 2 nitrogen and oxygen atoms in total. The van der Waals surface area contributed by atoms with Crippen molar-refractivity contribution in [2.24, 2.45) is 17.8 Å². The van der Waals surface area contributed by atoms with Crippen molar-refractivity contribution in [3.05, 3.63) is 11.6 Å². The zero-order valence-corrected chi connectivity index (χ0v) is 9.82. The van der Waals surface area contributed by atoms with Crippen LogP contribution >= 0.6 is 0 Å². The highest BCUT2D eigenvalue weighted by Gasteiger charge is 2.45. The van der Waals surface area contributed by atoms with Gasteiger partial charge in [-0.3, -0.25) is 4.79 Å². The Labute approximate surface area is 91.7 Å². The molecule has 0 heterocycles. The Morgan fingerprint density at radius 1 is 1.53 bits per heavy atom. The molecule has 2 rings (SSSR count). The maximum absolute atomic E-state index is 10.9. The summed E-state index contributed by atoms with van der Waals surface area (Å²) in [6.07, 6.45) is 6.15. The van der Waals surface area contributed by atoms with Gasteiger partial charge in [-0.15, -0.1) is 0 Å². The Morgan fingerprint density at radius 3 is 2.73 bits per heavy atom. The van der Waals surface area contributed by atoms with Crippen molar-refractivity contribution in [1.82, 2.24) is 0 Å². The van der Waals surface area contributed by atoms with Crippen molar-refractivity contribution in [3.8, 4) is 0 Å². The van der Waals surface area contributed by atoms with Crippen LogP contribution in [0.25, 0.3) is 0 Å². The molecular weight excluding hydrogens is 188 g/mol. The van der Waals surface area contributed by atoms with Crippen molar-refractivity contribution in [2.45, 2.75) is 46.1 Å². The van der Waals surface area contributed by atoms with Crippen LogP contribution in [0.2, 0.25) is 0 Å². The van der Waals surface area contributed by atoms with Gasteiger partial charge in [-0.25, -0.2) is 0 Å². The number of ether oxygens (including phenoxy) is 1. The Morgan fingerprint density at radius 2 is 2.27 bits per heavy atom. The van der Waals surface area contributed by atoms with E-state index in [9.17, 15) is 4.79 Å². The summed E-state index contributed by atoms with van der Waals surface area (Å²) in [5, 5.41) is 0. The average molecular weight is 208 g/mol. The van der Waals surface area contributed by atoms with Gasteiger partial charge in [-0.05, 0) is 50.9 Å². The number of rotatable bonds is 2. The highest BCUT2D eigenvalue weighted by Crippen LogP contribution is 2.52. The zero-order chi connectivity index (χ0) is 11.0. The number of hydrogen-bond acceptors (Lipinski definition) is 2. The molecule has 4 atom stereocenters. The standard InChI is InChI=1S/C13H20O2/c1-4-10-5-12-6-11(10)7-13(12)8(2)15-9(3)14/h4,8,11-13H,5-7H2,1-3H3/t8?,11?,12-,13?/m1/s1. The van der Waals surface area contributed by atoms with Crippen LogP contribution in [0.1, 0.15) is 40.0 Å². The van der Waals surface area contributed by atoms with Crippen molar-refractivity contribution in [3.63, 3.8) is 0 Å². The fourth-order valence-electron chi connectivity index (χ4n) is 3.44. The molecule has 0 aromatic heterocycles. The van der Waals surface area contributed by atoms with Gasteiger partial charge in [-0.1, -0.05) is 11.6 Å². The predicted octanol–water partition coefficient (Wildman–Crippen LogP) is 2.93. The third-order valence-electron chi connectivity index (χ3n) is 4.10. The van der Waals surface area contributed by atoms with Crippen LogP contribution in [0.15, 0.2) is 11.6 Å². The minimum atomic E-state index is -0.142. The van der Waals surface area contributed by atoms with Gasteiger partial charge in [0.1, 0.15) is 6.10 Å². The molecule has 0 aromatic carbocycles. The fraction of sp³-hybridized carbons (Fsp3) is 0.769. The van der Waals surface area contributed by atoms with E-state index in [1.54, 1.807) is 5.57 Å². The second kappa shape index (κ2) is 3.99. The van der Waals surface area contributed by atoms with Crippen LogP contribution in [0.4, 0.5) is 0 Å². The first-order valence-corrected chi connectivity index (χ1v) is 5.94. The quantitative estimate of drug-likeness (QED) is 0.515. The Balaban J connectivity index is 1.97. The molecule has 84 valence electrons. The van der Waals surface area contributed by atoms with E-state index in [4.69, 9.17) is 4.74 Å².